The Labute approximate surface area is 121 Å². The first-order chi connectivity index (χ1) is 9.63. The van der Waals surface area contributed by atoms with Gasteiger partial charge >= 0.3 is 0 Å². The Morgan fingerprint density at radius 3 is 2.65 bits per heavy atom. The molecule has 0 aromatic heterocycles. The number of likely N-dealkylation sites (tertiary alicyclic amines) is 1. The molecule has 20 heavy (non-hydrogen) atoms. The molecule has 0 radical (unpaired) electrons. The molecule has 3 heteroatoms. The number of carbonyl (C=O) groups excluding carboxylic acids is 1. The van der Waals surface area contributed by atoms with E-state index in [2.05, 4.69) is 43.0 Å². The highest BCUT2D eigenvalue weighted by Crippen LogP contribution is 2.24. The molecular formula is C17H24N2O. The second-order valence-corrected chi connectivity index (χ2v) is 6.54. The summed E-state index contributed by atoms with van der Waals surface area (Å²) in [6, 6.07) is 9.30. The van der Waals surface area contributed by atoms with Crippen molar-refractivity contribution >= 4 is 5.91 Å². The van der Waals surface area contributed by atoms with Crippen LogP contribution in [0.4, 0.5) is 0 Å². The highest BCUT2D eigenvalue weighted by molar-refractivity contribution is 5.77. The fraction of sp³-hybridized carbons (Fsp3) is 0.588. The van der Waals surface area contributed by atoms with Gasteiger partial charge in [-0.3, -0.25) is 9.69 Å². The van der Waals surface area contributed by atoms with E-state index in [1.165, 1.54) is 11.1 Å². The second-order valence-electron chi connectivity index (χ2n) is 6.54. The molecule has 1 saturated heterocycles. The van der Waals surface area contributed by atoms with Gasteiger partial charge in [-0.25, -0.2) is 0 Å². The van der Waals surface area contributed by atoms with Crippen molar-refractivity contribution < 1.29 is 4.79 Å². The summed E-state index contributed by atoms with van der Waals surface area (Å²) < 4.78 is 0. The molecule has 1 fully saturated rings. The van der Waals surface area contributed by atoms with Crippen LogP contribution in [-0.2, 0) is 17.8 Å². The van der Waals surface area contributed by atoms with E-state index in [0.717, 1.165) is 32.6 Å². The monoisotopic (exact) mass is 272 g/mol. The van der Waals surface area contributed by atoms with E-state index >= 15 is 0 Å². The number of rotatable bonds is 3. The maximum Gasteiger partial charge on any atom is 0.222 e. The summed E-state index contributed by atoms with van der Waals surface area (Å²) in [6.45, 7) is 8.25. The molecule has 0 N–H and O–H groups in total. The first-order valence-corrected chi connectivity index (χ1v) is 7.72. The molecule has 1 aromatic carbocycles. The van der Waals surface area contributed by atoms with Gasteiger partial charge in [0.15, 0.2) is 0 Å². The minimum Gasteiger partial charge on any atom is -0.339 e. The van der Waals surface area contributed by atoms with E-state index < -0.39 is 0 Å². The Kier molecular flexibility index (Phi) is 3.79. The Morgan fingerprint density at radius 2 is 1.95 bits per heavy atom. The zero-order valence-electron chi connectivity index (χ0n) is 12.5. The third-order valence-corrected chi connectivity index (χ3v) is 4.47. The van der Waals surface area contributed by atoms with Crippen LogP contribution in [0, 0.1) is 5.92 Å². The van der Waals surface area contributed by atoms with Gasteiger partial charge in [0, 0.05) is 38.6 Å². The van der Waals surface area contributed by atoms with Crippen LogP contribution in [0.15, 0.2) is 24.3 Å². The largest absolute Gasteiger partial charge is 0.339 e. The number of nitrogens with zero attached hydrogens (tertiary/aromatic N) is 2. The van der Waals surface area contributed by atoms with Crippen molar-refractivity contribution in [1.29, 1.82) is 0 Å². The van der Waals surface area contributed by atoms with Crippen molar-refractivity contribution in [1.82, 2.24) is 9.80 Å². The van der Waals surface area contributed by atoms with Gasteiger partial charge in [0.25, 0.3) is 0 Å². The number of hydrogen-bond donors (Lipinski definition) is 0. The van der Waals surface area contributed by atoms with E-state index in [9.17, 15) is 4.79 Å². The number of benzene rings is 1. The molecule has 0 aliphatic carbocycles. The molecule has 3 rings (SSSR count). The molecule has 0 atom stereocenters. The molecule has 3 nitrogen and oxygen atoms in total. The number of fused-ring (bicyclic) bond motifs is 1. The zero-order valence-corrected chi connectivity index (χ0v) is 12.5. The van der Waals surface area contributed by atoms with Crippen LogP contribution in [0.1, 0.15) is 31.4 Å². The minimum absolute atomic E-state index is 0.327. The van der Waals surface area contributed by atoms with Gasteiger partial charge in [-0.05, 0) is 23.5 Å². The summed E-state index contributed by atoms with van der Waals surface area (Å²) in [5.41, 5.74) is 2.96. The van der Waals surface area contributed by atoms with Gasteiger partial charge in [-0.1, -0.05) is 38.1 Å². The summed E-state index contributed by atoms with van der Waals surface area (Å²) >= 11 is 0. The average molecular weight is 272 g/mol. The summed E-state index contributed by atoms with van der Waals surface area (Å²) in [7, 11) is 0. The van der Waals surface area contributed by atoms with Crippen molar-refractivity contribution in [2.75, 3.05) is 19.6 Å². The zero-order chi connectivity index (χ0) is 14.1. The van der Waals surface area contributed by atoms with Gasteiger partial charge in [0.2, 0.25) is 5.91 Å². The van der Waals surface area contributed by atoms with Gasteiger partial charge in [0.1, 0.15) is 0 Å². The highest BCUT2D eigenvalue weighted by Gasteiger charge is 2.35. The smallest absolute Gasteiger partial charge is 0.222 e. The van der Waals surface area contributed by atoms with Crippen LogP contribution in [0.3, 0.4) is 0 Å². The van der Waals surface area contributed by atoms with Crippen molar-refractivity contribution in [3.05, 3.63) is 35.4 Å². The van der Waals surface area contributed by atoms with E-state index in [0.29, 0.717) is 24.3 Å². The first-order valence-electron chi connectivity index (χ1n) is 7.72. The number of amides is 1. The lowest BCUT2D eigenvalue weighted by molar-refractivity contribution is -0.139. The molecule has 2 heterocycles. The van der Waals surface area contributed by atoms with Crippen molar-refractivity contribution in [2.45, 2.75) is 39.3 Å². The third-order valence-electron chi connectivity index (χ3n) is 4.47. The standard InChI is InChI=1S/C17H24N2O/c1-13(2)9-17(20)19-11-16(12-19)18-8-7-14-5-3-4-6-15(14)10-18/h3-6,13,16H,7-12H2,1-2H3. The summed E-state index contributed by atoms with van der Waals surface area (Å²) in [4.78, 5) is 16.5. The van der Waals surface area contributed by atoms with Crippen LogP contribution >= 0.6 is 0 Å². The minimum atomic E-state index is 0.327. The second kappa shape index (κ2) is 5.57. The van der Waals surface area contributed by atoms with Crippen LogP contribution in [0.25, 0.3) is 0 Å². The SMILES string of the molecule is CC(C)CC(=O)N1CC(N2CCc3ccccc3C2)C1. The Hall–Kier alpha value is -1.35. The van der Waals surface area contributed by atoms with E-state index in [1.807, 2.05) is 4.90 Å². The van der Waals surface area contributed by atoms with Gasteiger partial charge in [-0.15, -0.1) is 0 Å². The fourth-order valence-corrected chi connectivity index (χ4v) is 3.20. The van der Waals surface area contributed by atoms with Crippen molar-refractivity contribution in [3.8, 4) is 0 Å². The lowest BCUT2D eigenvalue weighted by atomic mass is 9.96. The van der Waals surface area contributed by atoms with Crippen LogP contribution in [-0.4, -0.2) is 41.4 Å². The first kappa shape index (κ1) is 13.6. The molecule has 2 aliphatic heterocycles. The van der Waals surface area contributed by atoms with Crippen LogP contribution in [0.2, 0.25) is 0 Å². The number of hydrogen-bond acceptors (Lipinski definition) is 2. The van der Waals surface area contributed by atoms with Gasteiger partial charge in [-0.2, -0.15) is 0 Å². The lowest BCUT2D eigenvalue weighted by Crippen LogP contribution is -2.61. The van der Waals surface area contributed by atoms with Crippen molar-refractivity contribution in [2.24, 2.45) is 5.92 Å². The Balaban J connectivity index is 1.53. The number of carbonyl (C=O) groups is 1. The molecular weight excluding hydrogens is 248 g/mol. The Bertz CT molecular complexity index is 492. The highest BCUT2D eigenvalue weighted by atomic mass is 16.2. The summed E-state index contributed by atoms with van der Waals surface area (Å²) in [6.07, 6.45) is 1.84. The molecule has 1 amide bonds. The van der Waals surface area contributed by atoms with Crippen LogP contribution < -0.4 is 0 Å². The maximum absolute atomic E-state index is 12.0. The topological polar surface area (TPSA) is 23.6 Å². The average Bonchev–Trinajstić information content (AvgIpc) is 2.36. The molecule has 2 aliphatic rings. The third kappa shape index (κ3) is 2.73. The molecule has 0 spiro atoms. The normalized spacial score (nSPS) is 19.9. The molecule has 1 aromatic rings. The molecule has 0 bridgehead atoms. The summed E-state index contributed by atoms with van der Waals surface area (Å²) in [5, 5.41) is 0. The van der Waals surface area contributed by atoms with Gasteiger partial charge < -0.3 is 4.90 Å². The maximum atomic E-state index is 12.0. The quantitative estimate of drug-likeness (QED) is 0.843. The van der Waals surface area contributed by atoms with Crippen LogP contribution in [0.5, 0.6) is 0 Å². The van der Waals surface area contributed by atoms with E-state index in [1.54, 1.807) is 0 Å². The Morgan fingerprint density at radius 1 is 1.25 bits per heavy atom. The molecule has 108 valence electrons. The van der Waals surface area contributed by atoms with Gasteiger partial charge in [0.05, 0.1) is 0 Å². The predicted molar refractivity (Wildman–Crippen MR) is 80.4 cm³/mol. The lowest BCUT2D eigenvalue weighted by Gasteiger charge is -2.47. The van der Waals surface area contributed by atoms with Crippen molar-refractivity contribution in [3.63, 3.8) is 0 Å². The fourth-order valence-electron chi connectivity index (χ4n) is 3.20. The predicted octanol–water partition coefficient (Wildman–Crippen LogP) is 2.30. The summed E-state index contributed by atoms with van der Waals surface area (Å²) in [5.74, 6) is 0.789. The molecule has 0 unspecified atom stereocenters. The molecule has 0 saturated carbocycles. The van der Waals surface area contributed by atoms with E-state index in [-0.39, 0.29) is 0 Å². The van der Waals surface area contributed by atoms with E-state index in [4.69, 9.17) is 0 Å².